The lowest BCUT2D eigenvalue weighted by atomic mass is 10.0. The number of hydrogen-bond acceptors (Lipinski definition) is 8. The number of nitrogens with zero attached hydrogens (tertiary/aromatic N) is 4. The summed E-state index contributed by atoms with van der Waals surface area (Å²) in [7, 11) is 2.98. The van der Waals surface area contributed by atoms with Crippen LogP contribution in [0.3, 0.4) is 0 Å². The van der Waals surface area contributed by atoms with Gasteiger partial charge in [0, 0.05) is 31.7 Å². The quantitative estimate of drug-likeness (QED) is 0.479. The van der Waals surface area contributed by atoms with Gasteiger partial charge in [0.25, 0.3) is 5.91 Å². The van der Waals surface area contributed by atoms with E-state index in [4.69, 9.17) is 27.9 Å². The topological polar surface area (TPSA) is 114 Å². The molecular formula is C20H21Cl2FN6O4S. The van der Waals surface area contributed by atoms with Gasteiger partial charge in [0.15, 0.2) is 16.6 Å². The maximum Gasteiger partial charge on any atom is 0.514 e. The molecule has 14 heteroatoms. The third-order valence-electron chi connectivity index (χ3n) is 5.37. The first kappa shape index (κ1) is 24.3. The van der Waals surface area contributed by atoms with Crippen molar-refractivity contribution in [2.45, 2.75) is 25.6 Å². The van der Waals surface area contributed by atoms with Crippen LogP contribution in [0.15, 0.2) is 12.4 Å². The van der Waals surface area contributed by atoms with E-state index in [9.17, 15) is 9.59 Å². The third kappa shape index (κ3) is 4.70. The molecule has 0 aromatic carbocycles. The predicted octanol–water partition coefficient (Wildman–Crippen LogP) is 3.98. The van der Waals surface area contributed by atoms with E-state index in [1.807, 2.05) is 0 Å². The number of imidazole rings is 1. The number of aromatic amines is 1. The van der Waals surface area contributed by atoms with Gasteiger partial charge in [0.2, 0.25) is 5.06 Å². The normalized spacial score (nSPS) is 18.1. The minimum absolute atomic E-state index is 0.0195. The molecule has 4 rings (SSSR count). The van der Waals surface area contributed by atoms with E-state index in [1.54, 1.807) is 35.8 Å². The number of amides is 1. The van der Waals surface area contributed by atoms with Crippen LogP contribution in [-0.4, -0.2) is 64.0 Å². The molecule has 0 saturated carbocycles. The number of aryl methyl sites for hydroxylation is 2. The zero-order valence-electron chi connectivity index (χ0n) is 18.4. The van der Waals surface area contributed by atoms with E-state index >= 15 is 4.39 Å². The van der Waals surface area contributed by atoms with Crippen molar-refractivity contribution in [1.29, 1.82) is 0 Å². The second kappa shape index (κ2) is 9.80. The summed E-state index contributed by atoms with van der Waals surface area (Å²) in [6.07, 6.45) is 1.37. The van der Waals surface area contributed by atoms with Gasteiger partial charge < -0.3 is 29.2 Å². The van der Waals surface area contributed by atoms with Crippen molar-refractivity contribution in [1.82, 2.24) is 24.8 Å². The fourth-order valence-corrected chi connectivity index (χ4v) is 4.92. The zero-order valence-corrected chi connectivity index (χ0v) is 20.7. The maximum absolute atomic E-state index is 15.1. The van der Waals surface area contributed by atoms with Crippen molar-refractivity contribution in [3.8, 4) is 16.6 Å². The molecule has 34 heavy (non-hydrogen) atoms. The Morgan fingerprint density at radius 2 is 2.12 bits per heavy atom. The number of aromatic nitrogens is 4. The van der Waals surface area contributed by atoms with Gasteiger partial charge in [0.1, 0.15) is 11.9 Å². The number of piperidine rings is 1. The zero-order chi connectivity index (χ0) is 24.6. The number of anilines is 1. The highest BCUT2D eigenvalue weighted by Crippen LogP contribution is 2.40. The van der Waals surface area contributed by atoms with Gasteiger partial charge in [-0.15, -0.1) is 0 Å². The Morgan fingerprint density at radius 3 is 2.71 bits per heavy atom. The minimum atomic E-state index is -1.38. The molecular weight excluding hydrogens is 510 g/mol. The Balaban J connectivity index is 1.49. The number of H-pyrrole nitrogens is 1. The van der Waals surface area contributed by atoms with Gasteiger partial charge in [-0.25, -0.2) is 19.2 Å². The van der Waals surface area contributed by atoms with Crippen LogP contribution in [0, 0.1) is 6.92 Å². The van der Waals surface area contributed by atoms with Crippen LogP contribution < -0.4 is 15.0 Å². The van der Waals surface area contributed by atoms with Gasteiger partial charge in [-0.1, -0.05) is 34.5 Å². The van der Waals surface area contributed by atoms with E-state index in [1.165, 1.54) is 7.11 Å². The van der Waals surface area contributed by atoms with Crippen LogP contribution in [0.2, 0.25) is 10.0 Å². The molecule has 10 nitrogen and oxygen atoms in total. The molecule has 2 N–H and O–H groups in total. The molecule has 0 spiro atoms. The van der Waals surface area contributed by atoms with Crippen molar-refractivity contribution in [3.63, 3.8) is 0 Å². The highest BCUT2D eigenvalue weighted by Gasteiger charge is 2.34. The highest BCUT2D eigenvalue weighted by atomic mass is 35.5. The van der Waals surface area contributed by atoms with E-state index < -0.39 is 24.3 Å². The molecule has 1 fully saturated rings. The maximum atomic E-state index is 15.1. The summed E-state index contributed by atoms with van der Waals surface area (Å²) in [5.74, 6) is -0.0432. The lowest BCUT2D eigenvalue weighted by Gasteiger charge is -2.34. The fourth-order valence-electron chi connectivity index (χ4n) is 3.56. The largest absolute Gasteiger partial charge is 0.514 e. The van der Waals surface area contributed by atoms with Crippen LogP contribution in [0.4, 0.5) is 14.3 Å². The van der Waals surface area contributed by atoms with E-state index in [0.717, 1.165) is 11.3 Å². The number of methoxy groups -OCH3 is 1. The number of ether oxygens (including phenoxy) is 2. The SMILES string of the molecule is COC(=O)Oc1sc(N2CC[C@@H](NC(=O)c3[nH]c(C)c(Cl)c3Cl)[C@@H](F)C2)nc1-c1nccn1C. The summed E-state index contributed by atoms with van der Waals surface area (Å²) in [5, 5.41) is 3.70. The van der Waals surface area contributed by atoms with E-state index in [0.29, 0.717) is 35.3 Å². The lowest BCUT2D eigenvalue weighted by molar-refractivity contribution is 0.0894. The summed E-state index contributed by atoms with van der Waals surface area (Å²) in [6.45, 7) is 2.08. The molecule has 1 amide bonds. The monoisotopic (exact) mass is 530 g/mol. The first-order valence-corrected chi connectivity index (χ1v) is 11.7. The molecule has 0 unspecified atom stereocenters. The first-order valence-electron chi connectivity index (χ1n) is 10.2. The van der Waals surface area contributed by atoms with Gasteiger partial charge in [0.05, 0.1) is 29.7 Å². The van der Waals surface area contributed by atoms with Gasteiger partial charge in [-0.3, -0.25) is 4.79 Å². The van der Waals surface area contributed by atoms with Gasteiger partial charge >= 0.3 is 6.16 Å². The number of alkyl halides is 1. The Morgan fingerprint density at radius 1 is 1.35 bits per heavy atom. The number of carbonyl (C=O) groups excluding carboxylic acids is 2. The first-order chi connectivity index (χ1) is 16.2. The average Bonchev–Trinajstić information content (AvgIpc) is 3.49. The highest BCUT2D eigenvalue weighted by molar-refractivity contribution is 7.18. The molecule has 0 bridgehead atoms. The van der Waals surface area contributed by atoms with Crippen LogP contribution >= 0.6 is 34.5 Å². The molecule has 0 aliphatic carbocycles. The van der Waals surface area contributed by atoms with Crippen molar-refractivity contribution < 1.29 is 23.5 Å². The predicted molar refractivity (Wildman–Crippen MR) is 126 cm³/mol. The number of carbonyl (C=O) groups is 2. The van der Waals surface area contributed by atoms with Crippen molar-refractivity contribution in [2.75, 3.05) is 25.1 Å². The number of hydrogen-bond donors (Lipinski definition) is 2. The smallest absolute Gasteiger partial charge is 0.437 e. The summed E-state index contributed by atoms with van der Waals surface area (Å²) < 4.78 is 26.7. The minimum Gasteiger partial charge on any atom is -0.437 e. The Hall–Kier alpha value is -2.83. The number of halogens is 3. The second-order valence-corrected chi connectivity index (χ2v) is 9.33. The summed E-state index contributed by atoms with van der Waals surface area (Å²) in [5.41, 5.74) is 1.00. The average molecular weight is 531 g/mol. The molecule has 182 valence electrons. The van der Waals surface area contributed by atoms with Crippen LogP contribution in [-0.2, 0) is 11.8 Å². The van der Waals surface area contributed by atoms with Crippen LogP contribution in [0.5, 0.6) is 5.06 Å². The van der Waals surface area contributed by atoms with Crippen molar-refractivity contribution >= 4 is 51.7 Å². The molecule has 1 aliphatic rings. The summed E-state index contributed by atoms with van der Waals surface area (Å²) in [4.78, 5) is 37.7. The summed E-state index contributed by atoms with van der Waals surface area (Å²) in [6, 6.07) is -0.720. The van der Waals surface area contributed by atoms with Gasteiger partial charge in [-0.2, -0.15) is 0 Å². The standard InChI is InChI=1S/C20H21Cl2FN6O4S/c1-9-12(21)13(22)14(25-9)17(30)26-11-4-6-29(8-10(11)23)19-27-15(16-24-5-7-28(16)2)18(34-19)33-20(31)32-3/h5,7,10-11,25H,4,6,8H2,1-3H3,(H,26,30)/t10-,11+/m0/s1. The molecule has 3 aromatic rings. The number of thiazole rings is 1. The molecule has 3 aromatic heterocycles. The van der Waals surface area contributed by atoms with Crippen molar-refractivity contribution in [2.24, 2.45) is 7.05 Å². The van der Waals surface area contributed by atoms with Crippen LogP contribution in [0.25, 0.3) is 11.5 Å². The Bertz CT molecular complexity index is 1230. The summed E-state index contributed by atoms with van der Waals surface area (Å²) >= 11 is 13.2. The molecule has 1 aliphatic heterocycles. The van der Waals surface area contributed by atoms with Gasteiger partial charge in [-0.05, 0) is 13.3 Å². The Labute approximate surface area is 208 Å². The lowest BCUT2D eigenvalue weighted by Crippen LogP contribution is -2.52. The van der Waals surface area contributed by atoms with E-state index in [2.05, 4.69) is 25.0 Å². The number of rotatable bonds is 5. The Kier molecular flexibility index (Phi) is 7.01. The third-order valence-corrected chi connectivity index (χ3v) is 7.31. The van der Waals surface area contributed by atoms with Crippen molar-refractivity contribution in [3.05, 3.63) is 33.8 Å². The fraction of sp³-hybridized carbons (Fsp3) is 0.400. The number of nitrogens with one attached hydrogen (secondary N) is 2. The molecule has 1 saturated heterocycles. The molecule has 0 radical (unpaired) electrons. The second-order valence-electron chi connectivity index (χ2n) is 7.63. The molecule has 2 atom stereocenters. The van der Waals surface area contributed by atoms with Crippen LogP contribution in [0.1, 0.15) is 22.6 Å². The molecule has 4 heterocycles. The van der Waals surface area contributed by atoms with E-state index in [-0.39, 0.29) is 27.3 Å².